The summed E-state index contributed by atoms with van der Waals surface area (Å²) in [6, 6.07) is 10.2. The number of piperidine rings is 1. The zero-order valence-corrected chi connectivity index (χ0v) is 14.8. The molecule has 0 bridgehead atoms. The highest BCUT2D eigenvalue weighted by molar-refractivity contribution is 5.30. The van der Waals surface area contributed by atoms with Crippen molar-refractivity contribution in [3.63, 3.8) is 0 Å². The molecule has 2 aromatic heterocycles. The molecule has 0 saturated carbocycles. The first-order valence-corrected chi connectivity index (χ1v) is 9.47. The van der Waals surface area contributed by atoms with Crippen LogP contribution in [0, 0.1) is 0 Å². The van der Waals surface area contributed by atoms with Gasteiger partial charge in [0.1, 0.15) is 23.8 Å². The van der Waals surface area contributed by atoms with Gasteiger partial charge in [0.05, 0.1) is 12.2 Å². The lowest BCUT2D eigenvalue weighted by Crippen LogP contribution is -2.35. The van der Waals surface area contributed by atoms with E-state index < -0.39 is 0 Å². The molecule has 1 atom stereocenters. The van der Waals surface area contributed by atoms with Gasteiger partial charge in [-0.15, -0.1) is 10.2 Å². The predicted octanol–water partition coefficient (Wildman–Crippen LogP) is 2.18. The van der Waals surface area contributed by atoms with Gasteiger partial charge in [-0.2, -0.15) is 5.10 Å². The van der Waals surface area contributed by atoms with E-state index in [0.29, 0.717) is 5.92 Å². The van der Waals surface area contributed by atoms with Gasteiger partial charge in [0.15, 0.2) is 0 Å². The van der Waals surface area contributed by atoms with Crippen LogP contribution in [0.5, 0.6) is 0 Å². The summed E-state index contributed by atoms with van der Waals surface area (Å²) in [5.41, 5.74) is 1.06. The van der Waals surface area contributed by atoms with E-state index in [-0.39, 0.29) is 0 Å². The molecule has 134 valence electrons. The second kappa shape index (κ2) is 6.64. The Morgan fingerprint density at radius 3 is 2.88 bits per heavy atom. The van der Waals surface area contributed by atoms with Crippen LogP contribution in [0.1, 0.15) is 42.7 Å². The monoisotopic (exact) mass is 349 g/mol. The van der Waals surface area contributed by atoms with E-state index in [1.54, 1.807) is 6.33 Å². The number of aromatic nitrogens is 6. The topological polar surface area (TPSA) is 64.7 Å². The molecule has 1 saturated heterocycles. The maximum Gasteiger partial charge on any atom is 0.146 e. The van der Waals surface area contributed by atoms with E-state index >= 15 is 0 Å². The lowest BCUT2D eigenvalue weighted by atomic mass is 9.97. The Bertz CT molecular complexity index is 882. The SMILES string of the molecule is c1ccc(-n2ncnc2CN2CCCC(c3nnc4n3CCC4)C2)cc1. The van der Waals surface area contributed by atoms with E-state index in [4.69, 9.17) is 0 Å². The van der Waals surface area contributed by atoms with E-state index in [9.17, 15) is 0 Å². The van der Waals surface area contributed by atoms with Crippen LogP contribution in [-0.4, -0.2) is 47.5 Å². The molecule has 1 fully saturated rings. The molecular weight excluding hydrogens is 326 g/mol. The summed E-state index contributed by atoms with van der Waals surface area (Å²) in [7, 11) is 0. The van der Waals surface area contributed by atoms with Gasteiger partial charge in [0, 0.05) is 25.4 Å². The van der Waals surface area contributed by atoms with Gasteiger partial charge < -0.3 is 4.57 Å². The van der Waals surface area contributed by atoms with Crippen molar-refractivity contribution in [1.29, 1.82) is 0 Å². The molecule has 1 unspecified atom stereocenters. The molecule has 5 rings (SSSR count). The first-order chi connectivity index (χ1) is 12.9. The summed E-state index contributed by atoms with van der Waals surface area (Å²) < 4.78 is 4.29. The Hall–Kier alpha value is -2.54. The molecule has 0 radical (unpaired) electrons. The third-order valence-electron chi connectivity index (χ3n) is 5.49. The van der Waals surface area contributed by atoms with Crippen molar-refractivity contribution in [3.8, 4) is 5.69 Å². The number of likely N-dealkylation sites (tertiary alicyclic amines) is 1. The average Bonchev–Trinajstić information content (AvgIpc) is 3.39. The van der Waals surface area contributed by atoms with E-state index in [1.807, 2.05) is 22.9 Å². The number of para-hydroxylation sites is 1. The van der Waals surface area contributed by atoms with Crippen molar-refractivity contribution in [2.75, 3.05) is 13.1 Å². The van der Waals surface area contributed by atoms with Crippen LogP contribution in [0.25, 0.3) is 5.69 Å². The highest BCUT2D eigenvalue weighted by Crippen LogP contribution is 2.29. The molecule has 0 aliphatic carbocycles. The highest BCUT2D eigenvalue weighted by Gasteiger charge is 2.28. The molecular formula is C19H23N7. The van der Waals surface area contributed by atoms with E-state index in [0.717, 1.165) is 44.1 Å². The number of hydrogen-bond acceptors (Lipinski definition) is 5. The second-order valence-corrected chi connectivity index (χ2v) is 7.23. The molecule has 7 nitrogen and oxygen atoms in total. The molecule has 2 aliphatic rings. The molecule has 4 heterocycles. The smallest absolute Gasteiger partial charge is 0.146 e. The molecule has 0 spiro atoms. The van der Waals surface area contributed by atoms with Crippen molar-refractivity contribution < 1.29 is 0 Å². The minimum Gasteiger partial charge on any atom is -0.315 e. The molecule has 7 heteroatoms. The minimum atomic E-state index is 0.469. The Morgan fingerprint density at radius 1 is 1.04 bits per heavy atom. The lowest BCUT2D eigenvalue weighted by molar-refractivity contribution is 0.189. The van der Waals surface area contributed by atoms with Crippen molar-refractivity contribution in [2.45, 2.75) is 44.7 Å². The first-order valence-electron chi connectivity index (χ1n) is 9.47. The maximum absolute atomic E-state index is 4.51. The first kappa shape index (κ1) is 15.7. The van der Waals surface area contributed by atoms with Crippen molar-refractivity contribution in [2.24, 2.45) is 0 Å². The zero-order chi connectivity index (χ0) is 17.3. The minimum absolute atomic E-state index is 0.469. The van der Waals surface area contributed by atoms with Crippen molar-refractivity contribution in [3.05, 3.63) is 54.1 Å². The molecule has 3 aromatic rings. The fraction of sp³-hybridized carbons (Fsp3) is 0.474. The molecule has 26 heavy (non-hydrogen) atoms. The second-order valence-electron chi connectivity index (χ2n) is 7.23. The average molecular weight is 349 g/mol. The summed E-state index contributed by atoms with van der Waals surface area (Å²) in [6.07, 6.45) is 6.31. The highest BCUT2D eigenvalue weighted by atomic mass is 15.4. The standard InChI is InChI=1S/C19H23N7/c1-2-7-16(8-3-1)26-18(20-14-21-26)13-24-10-4-6-15(12-24)19-23-22-17-9-5-11-25(17)19/h1-3,7-8,14-15H,4-6,9-13H2. The number of fused-ring (bicyclic) bond motifs is 1. The quantitative estimate of drug-likeness (QED) is 0.722. The summed E-state index contributed by atoms with van der Waals surface area (Å²) in [6.45, 7) is 4.00. The Balaban J connectivity index is 1.33. The fourth-order valence-electron chi connectivity index (χ4n) is 4.24. The maximum atomic E-state index is 4.51. The third kappa shape index (κ3) is 2.82. The Morgan fingerprint density at radius 2 is 1.96 bits per heavy atom. The zero-order valence-electron chi connectivity index (χ0n) is 14.8. The van der Waals surface area contributed by atoms with Gasteiger partial charge >= 0.3 is 0 Å². The van der Waals surface area contributed by atoms with Crippen LogP contribution < -0.4 is 0 Å². The molecule has 1 aromatic carbocycles. The number of rotatable bonds is 4. The van der Waals surface area contributed by atoms with Crippen LogP contribution in [0.4, 0.5) is 0 Å². The number of aryl methyl sites for hydroxylation is 1. The van der Waals surface area contributed by atoms with Crippen LogP contribution in [0.3, 0.4) is 0 Å². The van der Waals surface area contributed by atoms with Crippen LogP contribution >= 0.6 is 0 Å². The van der Waals surface area contributed by atoms with Gasteiger partial charge in [0.25, 0.3) is 0 Å². The van der Waals surface area contributed by atoms with Crippen molar-refractivity contribution in [1.82, 2.24) is 34.4 Å². The summed E-state index contributed by atoms with van der Waals surface area (Å²) >= 11 is 0. The van der Waals surface area contributed by atoms with Gasteiger partial charge in [-0.3, -0.25) is 4.90 Å². The van der Waals surface area contributed by atoms with Crippen LogP contribution in [0.15, 0.2) is 36.7 Å². The third-order valence-corrected chi connectivity index (χ3v) is 5.49. The Labute approximate surface area is 152 Å². The number of nitrogens with zero attached hydrogens (tertiary/aromatic N) is 7. The summed E-state index contributed by atoms with van der Waals surface area (Å²) in [5.74, 6) is 3.81. The molecule has 0 N–H and O–H groups in total. The van der Waals surface area contributed by atoms with Crippen molar-refractivity contribution >= 4 is 0 Å². The molecule has 2 aliphatic heterocycles. The van der Waals surface area contributed by atoms with Gasteiger partial charge in [0.2, 0.25) is 0 Å². The van der Waals surface area contributed by atoms with Gasteiger partial charge in [-0.25, -0.2) is 9.67 Å². The van der Waals surface area contributed by atoms with Gasteiger partial charge in [-0.05, 0) is 37.9 Å². The molecule has 0 amide bonds. The predicted molar refractivity (Wildman–Crippen MR) is 97.0 cm³/mol. The largest absolute Gasteiger partial charge is 0.315 e. The van der Waals surface area contributed by atoms with E-state index in [2.05, 4.69) is 41.9 Å². The normalized spacial score (nSPS) is 20.4. The summed E-state index contributed by atoms with van der Waals surface area (Å²) in [4.78, 5) is 6.99. The fourth-order valence-corrected chi connectivity index (χ4v) is 4.24. The number of hydrogen-bond donors (Lipinski definition) is 0. The number of benzene rings is 1. The van der Waals surface area contributed by atoms with Crippen LogP contribution in [0.2, 0.25) is 0 Å². The van der Waals surface area contributed by atoms with E-state index in [1.165, 1.54) is 30.9 Å². The lowest BCUT2D eigenvalue weighted by Gasteiger charge is -2.31. The summed E-state index contributed by atoms with van der Waals surface area (Å²) in [5, 5.41) is 13.3. The van der Waals surface area contributed by atoms with Crippen LogP contribution in [-0.2, 0) is 19.5 Å². The van der Waals surface area contributed by atoms with Gasteiger partial charge in [-0.1, -0.05) is 18.2 Å². The Kier molecular flexibility index (Phi) is 4.01.